The van der Waals surface area contributed by atoms with Crippen molar-refractivity contribution >= 4 is 16.7 Å². The molecule has 1 N–H and O–H groups in total. The van der Waals surface area contributed by atoms with Crippen molar-refractivity contribution in [3.05, 3.63) is 48.0 Å². The molecule has 0 bridgehead atoms. The zero-order valence-corrected chi connectivity index (χ0v) is 8.76. The standard InChI is InChI=1S/C14H12O2/c15-14(16)13-8-12(13)11-6-5-9-3-1-2-4-10(9)7-11/h1-7,12-13H,8H2,(H,15,16)/t12-,13+/m1/s1. The molecule has 3 rings (SSSR count). The molecule has 0 aromatic heterocycles. The van der Waals surface area contributed by atoms with Crippen LogP contribution in [0.15, 0.2) is 42.5 Å². The van der Waals surface area contributed by atoms with Crippen LogP contribution in [-0.4, -0.2) is 11.1 Å². The van der Waals surface area contributed by atoms with Crippen LogP contribution in [0.3, 0.4) is 0 Å². The molecule has 1 aliphatic carbocycles. The fourth-order valence-corrected chi connectivity index (χ4v) is 2.27. The van der Waals surface area contributed by atoms with E-state index in [1.54, 1.807) is 0 Å². The summed E-state index contributed by atoms with van der Waals surface area (Å²) in [6, 6.07) is 14.4. The molecular formula is C14H12O2. The molecule has 2 aromatic carbocycles. The highest BCUT2D eigenvalue weighted by molar-refractivity contribution is 5.84. The van der Waals surface area contributed by atoms with Crippen molar-refractivity contribution in [1.29, 1.82) is 0 Å². The number of benzene rings is 2. The van der Waals surface area contributed by atoms with Crippen molar-refractivity contribution in [2.75, 3.05) is 0 Å². The van der Waals surface area contributed by atoms with Crippen LogP contribution in [0.5, 0.6) is 0 Å². The second-order valence-electron chi connectivity index (χ2n) is 4.39. The van der Waals surface area contributed by atoms with Gasteiger partial charge in [0.2, 0.25) is 0 Å². The summed E-state index contributed by atoms with van der Waals surface area (Å²) in [6.07, 6.45) is 0.785. The van der Waals surface area contributed by atoms with E-state index in [-0.39, 0.29) is 11.8 Å². The van der Waals surface area contributed by atoms with Crippen molar-refractivity contribution in [2.45, 2.75) is 12.3 Å². The minimum Gasteiger partial charge on any atom is -0.481 e. The number of aliphatic carboxylic acids is 1. The molecule has 2 atom stereocenters. The minimum absolute atomic E-state index is 0.166. The molecule has 1 fully saturated rings. The van der Waals surface area contributed by atoms with E-state index < -0.39 is 5.97 Å². The summed E-state index contributed by atoms with van der Waals surface area (Å²) in [5.41, 5.74) is 1.16. The van der Waals surface area contributed by atoms with Crippen LogP contribution >= 0.6 is 0 Å². The van der Waals surface area contributed by atoms with E-state index in [0.717, 1.165) is 12.0 Å². The highest BCUT2D eigenvalue weighted by atomic mass is 16.4. The van der Waals surface area contributed by atoms with E-state index in [2.05, 4.69) is 30.3 Å². The van der Waals surface area contributed by atoms with Gasteiger partial charge in [-0.1, -0.05) is 42.5 Å². The van der Waals surface area contributed by atoms with Crippen LogP contribution in [-0.2, 0) is 4.79 Å². The maximum atomic E-state index is 10.8. The number of carbonyl (C=O) groups is 1. The van der Waals surface area contributed by atoms with Crippen LogP contribution in [0.2, 0.25) is 0 Å². The third-order valence-corrected chi connectivity index (χ3v) is 3.31. The average molecular weight is 212 g/mol. The smallest absolute Gasteiger partial charge is 0.307 e. The van der Waals surface area contributed by atoms with Crippen molar-refractivity contribution in [3.63, 3.8) is 0 Å². The van der Waals surface area contributed by atoms with Gasteiger partial charge in [-0.15, -0.1) is 0 Å². The Morgan fingerprint density at radius 3 is 2.56 bits per heavy atom. The van der Waals surface area contributed by atoms with Crippen LogP contribution in [0.1, 0.15) is 17.9 Å². The topological polar surface area (TPSA) is 37.3 Å². The summed E-state index contributed by atoms with van der Waals surface area (Å²) in [5, 5.41) is 11.3. The Labute approximate surface area is 93.5 Å². The largest absolute Gasteiger partial charge is 0.481 e. The Hall–Kier alpha value is -1.83. The number of hydrogen-bond acceptors (Lipinski definition) is 1. The van der Waals surface area contributed by atoms with E-state index in [9.17, 15) is 4.79 Å². The Morgan fingerprint density at radius 1 is 1.12 bits per heavy atom. The van der Waals surface area contributed by atoms with Gasteiger partial charge in [-0.3, -0.25) is 4.79 Å². The normalized spacial score (nSPS) is 23.2. The Balaban J connectivity index is 1.98. The van der Waals surface area contributed by atoms with Crippen LogP contribution in [0, 0.1) is 5.92 Å². The maximum Gasteiger partial charge on any atom is 0.307 e. The first-order valence-electron chi connectivity index (χ1n) is 5.47. The van der Waals surface area contributed by atoms with Gasteiger partial charge in [-0.2, -0.15) is 0 Å². The van der Waals surface area contributed by atoms with Gasteiger partial charge in [0.25, 0.3) is 0 Å². The first-order valence-corrected chi connectivity index (χ1v) is 5.47. The number of carboxylic acids is 1. The average Bonchev–Trinajstić information content (AvgIpc) is 3.08. The fourth-order valence-electron chi connectivity index (χ4n) is 2.27. The molecule has 80 valence electrons. The van der Waals surface area contributed by atoms with Gasteiger partial charge in [0.05, 0.1) is 5.92 Å². The Kier molecular flexibility index (Phi) is 1.96. The van der Waals surface area contributed by atoms with E-state index in [1.165, 1.54) is 10.8 Å². The van der Waals surface area contributed by atoms with E-state index in [0.29, 0.717) is 0 Å². The SMILES string of the molecule is O=C(O)[C@H]1C[C@@H]1c1ccc2ccccc2c1. The molecule has 0 amide bonds. The van der Waals surface area contributed by atoms with Gasteiger partial charge in [0, 0.05) is 0 Å². The predicted molar refractivity (Wildman–Crippen MR) is 62.4 cm³/mol. The molecule has 2 nitrogen and oxygen atoms in total. The second kappa shape index (κ2) is 3.34. The monoisotopic (exact) mass is 212 g/mol. The summed E-state index contributed by atoms with van der Waals surface area (Å²) in [4.78, 5) is 10.8. The van der Waals surface area contributed by atoms with Gasteiger partial charge in [-0.25, -0.2) is 0 Å². The molecule has 0 spiro atoms. The molecule has 1 aliphatic rings. The van der Waals surface area contributed by atoms with E-state index in [4.69, 9.17) is 5.11 Å². The quantitative estimate of drug-likeness (QED) is 0.830. The van der Waals surface area contributed by atoms with Crippen molar-refractivity contribution in [1.82, 2.24) is 0 Å². The first kappa shape index (κ1) is 9.40. The van der Waals surface area contributed by atoms with E-state index in [1.807, 2.05) is 12.1 Å². The molecule has 2 heteroatoms. The Morgan fingerprint density at radius 2 is 1.88 bits per heavy atom. The van der Waals surface area contributed by atoms with Gasteiger partial charge >= 0.3 is 5.97 Å². The zero-order valence-electron chi connectivity index (χ0n) is 8.76. The lowest BCUT2D eigenvalue weighted by atomic mass is 10.0. The number of rotatable bonds is 2. The number of carboxylic acid groups (broad SMARTS) is 1. The highest BCUT2D eigenvalue weighted by Crippen LogP contribution is 2.47. The molecule has 0 aliphatic heterocycles. The van der Waals surface area contributed by atoms with Gasteiger partial charge < -0.3 is 5.11 Å². The van der Waals surface area contributed by atoms with Crippen LogP contribution in [0.4, 0.5) is 0 Å². The summed E-state index contributed by atoms with van der Waals surface area (Å²) < 4.78 is 0. The lowest BCUT2D eigenvalue weighted by Gasteiger charge is -2.02. The number of hydrogen-bond donors (Lipinski definition) is 1. The lowest BCUT2D eigenvalue weighted by molar-refractivity contribution is -0.138. The highest BCUT2D eigenvalue weighted by Gasteiger charge is 2.44. The fraction of sp³-hybridized carbons (Fsp3) is 0.214. The van der Waals surface area contributed by atoms with Crippen LogP contribution in [0.25, 0.3) is 10.8 Å². The predicted octanol–water partition coefficient (Wildman–Crippen LogP) is 3.03. The molecule has 16 heavy (non-hydrogen) atoms. The molecule has 0 unspecified atom stereocenters. The zero-order chi connectivity index (χ0) is 11.1. The second-order valence-corrected chi connectivity index (χ2v) is 4.39. The third kappa shape index (κ3) is 1.47. The number of fused-ring (bicyclic) bond motifs is 1. The summed E-state index contributed by atoms with van der Waals surface area (Å²) in [5.74, 6) is -0.610. The lowest BCUT2D eigenvalue weighted by Crippen LogP contribution is -1.98. The Bertz CT molecular complexity index is 559. The van der Waals surface area contributed by atoms with Gasteiger partial charge in [-0.05, 0) is 28.7 Å². The summed E-state index contributed by atoms with van der Waals surface area (Å²) in [6.45, 7) is 0. The van der Waals surface area contributed by atoms with Crippen LogP contribution < -0.4 is 0 Å². The molecule has 2 aromatic rings. The molecular weight excluding hydrogens is 200 g/mol. The van der Waals surface area contributed by atoms with Gasteiger partial charge in [0.15, 0.2) is 0 Å². The molecule has 0 heterocycles. The molecule has 0 saturated heterocycles. The minimum atomic E-state index is -0.668. The van der Waals surface area contributed by atoms with Crippen molar-refractivity contribution in [2.24, 2.45) is 5.92 Å². The third-order valence-electron chi connectivity index (χ3n) is 3.31. The molecule has 0 radical (unpaired) electrons. The summed E-state index contributed by atoms with van der Waals surface area (Å²) >= 11 is 0. The maximum absolute atomic E-state index is 10.8. The van der Waals surface area contributed by atoms with Crippen molar-refractivity contribution < 1.29 is 9.90 Å². The summed E-state index contributed by atoms with van der Waals surface area (Å²) in [7, 11) is 0. The van der Waals surface area contributed by atoms with Gasteiger partial charge in [0.1, 0.15) is 0 Å². The van der Waals surface area contributed by atoms with E-state index >= 15 is 0 Å². The first-order chi connectivity index (χ1) is 7.75. The molecule has 1 saturated carbocycles. The van der Waals surface area contributed by atoms with Crippen molar-refractivity contribution in [3.8, 4) is 0 Å².